The molecule has 0 spiro atoms. The normalized spacial score (nSPS) is 14.7. The number of alkyl halides is 3. The number of rotatable bonds is 7. The largest absolute Gasteiger partial charge is 0.416 e. The molecule has 8 rings (SSSR count). The molecule has 6 aromatic rings. The van der Waals surface area contributed by atoms with E-state index in [1.807, 2.05) is 30.0 Å². The molecule has 0 aliphatic carbocycles. The predicted octanol–water partition coefficient (Wildman–Crippen LogP) is 4.70. The monoisotopic (exact) mass is 746 g/mol. The fourth-order valence-electron chi connectivity index (χ4n) is 6.81. The van der Waals surface area contributed by atoms with Gasteiger partial charge in [-0.3, -0.25) is 14.4 Å². The van der Waals surface area contributed by atoms with Gasteiger partial charge in [0.15, 0.2) is 11.5 Å². The fraction of sp³-hybridized carbons (Fsp3) is 0.286. The zero-order valence-electron chi connectivity index (χ0n) is 28.1. The Kier molecular flexibility index (Phi) is 8.61. The van der Waals surface area contributed by atoms with Crippen molar-refractivity contribution in [3.63, 3.8) is 0 Å². The first-order valence-electron chi connectivity index (χ1n) is 16.7. The Hall–Kier alpha value is -5.81. The molecular weight excluding hydrogens is 717 g/mol. The number of nitrogens with zero attached hydrogens (tertiary/aromatic N) is 8. The van der Waals surface area contributed by atoms with Gasteiger partial charge >= 0.3 is 6.18 Å². The van der Waals surface area contributed by atoms with Crippen molar-refractivity contribution in [2.24, 2.45) is 0 Å². The third kappa shape index (κ3) is 6.24. The first-order chi connectivity index (χ1) is 25.5. The Morgan fingerprint density at radius 1 is 1.02 bits per heavy atom. The van der Waals surface area contributed by atoms with Gasteiger partial charge in [0.1, 0.15) is 18.6 Å². The Bertz CT molecular complexity index is 2490. The zero-order valence-corrected chi connectivity index (χ0v) is 28.8. The van der Waals surface area contributed by atoms with Crippen molar-refractivity contribution >= 4 is 51.6 Å². The van der Waals surface area contributed by atoms with E-state index < -0.39 is 23.2 Å². The van der Waals surface area contributed by atoms with Gasteiger partial charge in [-0.1, -0.05) is 30.7 Å². The Balaban J connectivity index is 1.15. The van der Waals surface area contributed by atoms with E-state index in [9.17, 15) is 27.6 Å². The van der Waals surface area contributed by atoms with E-state index in [1.54, 1.807) is 21.7 Å². The summed E-state index contributed by atoms with van der Waals surface area (Å²) in [4.78, 5) is 61.2. The number of piperazine rings is 1. The molecule has 6 heterocycles. The van der Waals surface area contributed by atoms with Gasteiger partial charge in [-0.2, -0.15) is 22.7 Å². The molecule has 0 saturated carbocycles. The topological polar surface area (TPSA) is 156 Å². The number of amides is 2. The highest BCUT2D eigenvalue weighted by molar-refractivity contribution is 6.33. The number of aromatic nitrogens is 7. The van der Waals surface area contributed by atoms with E-state index in [0.717, 1.165) is 33.8 Å². The van der Waals surface area contributed by atoms with Crippen LogP contribution < -0.4 is 15.8 Å². The fourth-order valence-corrected chi connectivity index (χ4v) is 7.03. The van der Waals surface area contributed by atoms with Crippen LogP contribution in [-0.4, -0.2) is 77.0 Å². The molecule has 272 valence electrons. The zero-order chi connectivity index (χ0) is 37.0. The number of hydrogen-bond acceptors (Lipinski definition) is 9. The standard InChI is InChI=1S/C35H30ClF3N10O4/c1-2-26-30(46-9-11-47(12-10-46)32(51)29-28-25(7-8-40-28)41-18-42-29)33(52)49-34(44-31(45-49)19-3-4-20-16-53-17-21(20)13-19)48(26)15-27(50)43-24-6-5-22(14-23(24)36)35(37,38)39/h3-8,13-14,18,40H,2,9-12,15-17H2,1H3,(H,43,50). The maximum atomic E-state index is 14.4. The van der Waals surface area contributed by atoms with Crippen LogP contribution in [0.1, 0.15) is 39.8 Å². The Morgan fingerprint density at radius 3 is 2.57 bits per heavy atom. The minimum atomic E-state index is -4.61. The Morgan fingerprint density at radius 2 is 1.81 bits per heavy atom. The first kappa shape index (κ1) is 34.3. The van der Waals surface area contributed by atoms with Gasteiger partial charge in [0.2, 0.25) is 11.7 Å². The van der Waals surface area contributed by atoms with Crippen LogP contribution in [0.25, 0.3) is 28.2 Å². The second kappa shape index (κ2) is 13.3. The van der Waals surface area contributed by atoms with Crippen LogP contribution in [0.4, 0.5) is 24.5 Å². The van der Waals surface area contributed by atoms with Crippen LogP contribution in [0, 0.1) is 0 Å². The number of hydrogen-bond donors (Lipinski definition) is 2. The molecule has 1 fully saturated rings. The van der Waals surface area contributed by atoms with E-state index in [4.69, 9.17) is 21.3 Å². The van der Waals surface area contributed by atoms with Crippen molar-refractivity contribution in [2.75, 3.05) is 36.4 Å². The molecule has 0 radical (unpaired) electrons. The van der Waals surface area contributed by atoms with Gasteiger partial charge in [0, 0.05) is 37.9 Å². The SMILES string of the molecule is CCc1c(N2CCN(C(=O)c3ncnc4cc[nH]c34)CC2)c(=O)n2nc(-c3ccc4c(c3)COC4)nc2n1CC(=O)Nc1ccc(C(F)(F)F)cc1Cl. The number of halogens is 4. The lowest BCUT2D eigenvalue weighted by Gasteiger charge is -2.36. The number of ether oxygens (including phenoxy) is 1. The summed E-state index contributed by atoms with van der Waals surface area (Å²) in [5, 5.41) is 6.92. The minimum absolute atomic E-state index is 0.0105. The van der Waals surface area contributed by atoms with Crippen LogP contribution in [0.15, 0.2) is 59.8 Å². The Labute approximate surface area is 303 Å². The van der Waals surface area contributed by atoms with Gasteiger partial charge in [-0.25, -0.2) is 9.97 Å². The lowest BCUT2D eigenvalue weighted by atomic mass is 10.1. The predicted molar refractivity (Wildman–Crippen MR) is 188 cm³/mol. The maximum Gasteiger partial charge on any atom is 0.416 e. The highest BCUT2D eigenvalue weighted by atomic mass is 35.5. The third-order valence-corrected chi connectivity index (χ3v) is 9.76. The summed E-state index contributed by atoms with van der Waals surface area (Å²) >= 11 is 6.15. The average molecular weight is 747 g/mol. The van der Waals surface area contributed by atoms with Crippen LogP contribution in [-0.2, 0) is 41.9 Å². The van der Waals surface area contributed by atoms with Gasteiger partial charge in [-0.05, 0) is 47.9 Å². The number of nitrogens with one attached hydrogen (secondary N) is 2. The van der Waals surface area contributed by atoms with Gasteiger partial charge in [0.25, 0.3) is 11.5 Å². The smallest absolute Gasteiger partial charge is 0.372 e. The molecule has 14 nitrogen and oxygen atoms in total. The van der Waals surface area contributed by atoms with Crippen molar-refractivity contribution in [1.29, 1.82) is 0 Å². The quantitative estimate of drug-likeness (QED) is 0.237. The summed E-state index contributed by atoms with van der Waals surface area (Å²) in [6.45, 7) is 3.53. The molecule has 2 amide bonds. The molecule has 53 heavy (non-hydrogen) atoms. The summed E-state index contributed by atoms with van der Waals surface area (Å²) in [6, 6.07) is 10.1. The third-order valence-electron chi connectivity index (χ3n) is 9.44. The van der Waals surface area contributed by atoms with Crippen molar-refractivity contribution in [3.05, 3.63) is 98.4 Å². The number of benzene rings is 2. The van der Waals surface area contributed by atoms with E-state index >= 15 is 0 Å². The summed E-state index contributed by atoms with van der Waals surface area (Å²) < 4.78 is 48.1. The summed E-state index contributed by atoms with van der Waals surface area (Å²) in [5.74, 6) is -0.536. The van der Waals surface area contributed by atoms with E-state index in [0.29, 0.717) is 47.6 Å². The summed E-state index contributed by atoms with van der Waals surface area (Å²) in [5.41, 5.74) is 3.44. The van der Waals surface area contributed by atoms with E-state index in [2.05, 4.69) is 25.4 Å². The first-order valence-corrected chi connectivity index (χ1v) is 17.1. The molecule has 2 N–H and O–H groups in total. The number of carbonyl (C=O) groups excluding carboxylic acids is 2. The van der Waals surface area contributed by atoms with Crippen LogP contribution in [0.2, 0.25) is 5.02 Å². The molecule has 0 unspecified atom stereocenters. The lowest BCUT2D eigenvalue weighted by molar-refractivity contribution is -0.137. The van der Waals surface area contributed by atoms with Crippen molar-refractivity contribution in [1.82, 2.24) is 39.0 Å². The van der Waals surface area contributed by atoms with Crippen molar-refractivity contribution in [2.45, 2.75) is 39.3 Å². The molecule has 4 aromatic heterocycles. The maximum absolute atomic E-state index is 14.4. The molecule has 18 heteroatoms. The summed E-state index contributed by atoms with van der Waals surface area (Å²) in [6.07, 6.45) is -1.27. The van der Waals surface area contributed by atoms with Gasteiger partial charge in [0.05, 0.1) is 46.2 Å². The molecule has 1 saturated heterocycles. The molecule has 2 aromatic carbocycles. The number of carbonyl (C=O) groups is 2. The number of anilines is 2. The average Bonchev–Trinajstić information content (AvgIpc) is 3.93. The van der Waals surface area contributed by atoms with E-state index in [1.165, 1.54) is 6.33 Å². The highest BCUT2D eigenvalue weighted by Crippen LogP contribution is 2.34. The number of H-pyrrole nitrogens is 1. The second-order valence-electron chi connectivity index (χ2n) is 12.6. The molecule has 2 aliphatic rings. The lowest BCUT2D eigenvalue weighted by Crippen LogP contribution is -2.51. The van der Waals surface area contributed by atoms with Crippen LogP contribution in [0.3, 0.4) is 0 Å². The highest BCUT2D eigenvalue weighted by Gasteiger charge is 2.32. The van der Waals surface area contributed by atoms with Gasteiger partial charge in [-0.15, -0.1) is 5.10 Å². The van der Waals surface area contributed by atoms with Crippen LogP contribution >= 0.6 is 11.6 Å². The van der Waals surface area contributed by atoms with Gasteiger partial charge < -0.3 is 29.4 Å². The molecule has 0 atom stereocenters. The number of aromatic amines is 1. The summed E-state index contributed by atoms with van der Waals surface area (Å²) in [7, 11) is 0. The molecule has 0 bridgehead atoms. The number of fused-ring (bicyclic) bond motifs is 3. The molecular formula is C35H30ClF3N10O4. The van der Waals surface area contributed by atoms with Crippen molar-refractivity contribution < 1.29 is 27.5 Å². The molecule has 2 aliphatic heterocycles. The van der Waals surface area contributed by atoms with Crippen molar-refractivity contribution in [3.8, 4) is 11.4 Å². The van der Waals surface area contributed by atoms with E-state index in [-0.39, 0.29) is 66.6 Å². The minimum Gasteiger partial charge on any atom is -0.372 e. The van der Waals surface area contributed by atoms with Crippen LogP contribution in [0.5, 0.6) is 0 Å². The second-order valence-corrected chi connectivity index (χ2v) is 13.1.